The number of hydrogen-bond donors (Lipinski definition) is 2. The highest BCUT2D eigenvalue weighted by molar-refractivity contribution is 6.28. The van der Waals surface area contributed by atoms with Gasteiger partial charge in [0.2, 0.25) is 0 Å². The smallest absolute Gasteiger partial charge is 0.337 e. The van der Waals surface area contributed by atoms with Crippen molar-refractivity contribution in [1.29, 1.82) is 0 Å². The Balaban J connectivity index is 2.24. The maximum absolute atomic E-state index is 12.9. The van der Waals surface area contributed by atoms with Gasteiger partial charge in [0.1, 0.15) is 5.75 Å². The van der Waals surface area contributed by atoms with Gasteiger partial charge in [0.05, 0.1) is 40.6 Å². The van der Waals surface area contributed by atoms with E-state index in [1.54, 1.807) is 18.2 Å². The number of hydrogen-bond acceptors (Lipinski definition) is 5. The highest BCUT2D eigenvalue weighted by Crippen LogP contribution is 2.44. The predicted octanol–water partition coefficient (Wildman–Crippen LogP) is 2.85. The zero-order valence-electron chi connectivity index (χ0n) is 13.4. The lowest BCUT2D eigenvalue weighted by atomic mass is 9.97. The molecule has 1 aliphatic carbocycles. The van der Waals surface area contributed by atoms with Crippen LogP contribution in [0, 0.1) is 0 Å². The Morgan fingerprint density at radius 1 is 1.00 bits per heavy atom. The number of carbonyl (C=O) groups is 3. The van der Waals surface area contributed by atoms with E-state index in [9.17, 15) is 24.6 Å². The minimum absolute atomic E-state index is 0.0164. The van der Waals surface area contributed by atoms with Crippen LogP contribution in [-0.4, -0.2) is 40.0 Å². The van der Waals surface area contributed by atoms with Crippen LogP contribution in [-0.2, 0) is 0 Å². The molecule has 0 spiro atoms. The summed E-state index contributed by atoms with van der Waals surface area (Å²) in [4.78, 5) is 40.7. The third-order valence-corrected chi connectivity index (χ3v) is 4.41. The molecule has 0 bridgehead atoms. The van der Waals surface area contributed by atoms with Gasteiger partial charge in [-0.1, -0.05) is 24.3 Å². The zero-order valence-corrected chi connectivity index (χ0v) is 13.4. The molecule has 0 amide bonds. The molecular weight excluding hydrogens is 338 g/mol. The number of fused-ring (bicyclic) bond motifs is 4. The summed E-state index contributed by atoms with van der Waals surface area (Å²) in [5.41, 5.74) is 0.358. The van der Waals surface area contributed by atoms with Crippen molar-refractivity contribution in [3.63, 3.8) is 0 Å². The van der Waals surface area contributed by atoms with Gasteiger partial charge in [-0.3, -0.25) is 4.79 Å². The van der Waals surface area contributed by atoms with Crippen LogP contribution in [0.1, 0.15) is 36.6 Å². The molecule has 1 aliphatic rings. The van der Waals surface area contributed by atoms with Crippen molar-refractivity contribution in [2.45, 2.75) is 0 Å². The second-order valence-electron chi connectivity index (χ2n) is 5.73. The Bertz CT molecular complexity index is 1150. The molecule has 2 N–H and O–H groups in total. The summed E-state index contributed by atoms with van der Waals surface area (Å²) < 4.78 is 5.30. The molecule has 0 aliphatic heterocycles. The van der Waals surface area contributed by atoms with Crippen molar-refractivity contribution in [3.8, 4) is 17.0 Å². The highest BCUT2D eigenvalue weighted by atomic mass is 16.5. The number of aromatic nitrogens is 1. The van der Waals surface area contributed by atoms with Gasteiger partial charge in [0.15, 0.2) is 5.78 Å². The summed E-state index contributed by atoms with van der Waals surface area (Å²) in [6, 6.07) is 9.05. The van der Waals surface area contributed by atoms with E-state index in [-0.39, 0.29) is 38.9 Å². The summed E-state index contributed by atoms with van der Waals surface area (Å²) >= 11 is 0. The number of para-hydroxylation sites is 1. The standard InChI is InChI=1S/C19H11NO6/c1-26-11-7-3-5-9-12(11)16-14(17(9)21)13(19(24)25)8-4-2-6-10(18(22)23)15(8)20-16/h2-7H,1H3,(H,22,23)(H,24,25). The van der Waals surface area contributed by atoms with E-state index in [0.717, 1.165) is 0 Å². The Kier molecular flexibility index (Phi) is 3.27. The fourth-order valence-electron chi connectivity index (χ4n) is 3.35. The van der Waals surface area contributed by atoms with Crippen molar-refractivity contribution in [2.24, 2.45) is 0 Å². The maximum atomic E-state index is 12.9. The molecule has 4 rings (SSSR count). The molecule has 128 valence electrons. The highest BCUT2D eigenvalue weighted by Gasteiger charge is 2.36. The van der Waals surface area contributed by atoms with Crippen LogP contribution in [0.15, 0.2) is 36.4 Å². The fraction of sp³-hybridized carbons (Fsp3) is 0.0526. The first-order chi connectivity index (χ1) is 12.5. The molecule has 1 heterocycles. The SMILES string of the molecule is COc1cccc2c1-c1nc3c(C(=O)O)cccc3c(C(=O)O)c1C2=O. The second kappa shape index (κ2) is 5.38. The molecule has 0 saturated heterocycles. The number of benzene rings is 2. The maximum Gasteiger partial charge on any atom is 0.337 e. The van der Waals surface area contributed by atoms with Gasteiger partial charge >= 0.3 is 11.9 Å². The second-order valence-corrected chi connectivity index (χ2v) is 5.73. The largest absolute Gasteiger partial charge is 0.496 e. The van der Waals surface area contributed by atoms with Crippen LogP contribution in [0.4, 0.5) is 0 Å². The van der Waals surface area contributed by atoms with E-state index in [1.165, 1.54) is 25.3 Å². The molecule has 26 heavy (non-hydrogen) atoms. The fourth-order valence-corrected chi connectivity index (χ4v) is 3.35. The number of carboxylic acid groups (broad SMARTS) is 2. The van der Waals surface area contributed by atoms with Crippen molar-refractivity contribution >= 4 is 28.6 Å². The van der Waals surface area contributed by atoms with Gasteiger partial charge in [-0.05, 0) is 12.1 Å². The minimum Gasteiger partial charge on any atom is -0.496 e. The van der Waals surface area contributed by atoms with Crippen LogP contribution in [0.25, 0.3) is 22.2 Å². The monoisotopic (exact) mass is 349 g/mol. The number of ether oxygens (including phenoxy) is 1. The molecule has 1 aromatic heterocycles. The lowest BCUT2D eigenvalue weighted by molar-refractivity contribution is 0.0685. The number of nitrogens with zero attached hydrogens (tertiary/aromatic N) is 1. The van der Waals surface area contributed by atoms with E-state index in [1.807, 2.05) is 0 Å². The first kappa shape index (κ1) is 15.8. The number of carboxylic acids is 2. The normalized spacial score (nSPS) is 12.0. The van der Waals surface area contributed by atoms with Gasteiger partial charge in [0, 0.05) is 10.9 Å². The molecule has 0 fully saturated rings. The topological polar surface area (TPSA) is 114 Å². The van der Waals surface area contributed by atoms with Gasteiger partial charge in [0.25, 0.3) is 0 Å². The third-order valence-electron chi connectivity index (χ3n) is 4.41. The van der Waals surface area contributed by atoms with E-state index in [4.69, 9.17) is 4.74 Å². The average molecular weight is 349 g/mol. The number of pyridine rings is 1. The lowest BCUT2D eigenvalue weighted by Crippen LogP contribution is -2.10. The summed E-state index contributed by atoms with van der Waals surface area (Å²) in [5, 5.41) is 19.3. The van der Waals surface area contributed by atoms with Crippen LogP contribution >= 0.6 is 0 Å². The van der Waals surface area contributed by atoms with E-state index < -0.39 is 17.7 Å². The molecule has 0 unspecified atom stereocenters. The predicted molar refractivity (Wildman–Crippen MR) is 91.1 cm³/mol. The number of ketones is 1. The van der Waals surface area contributed by atoms with Gasteiger partial charge in [-0.2, -0.15) is 0 Å². The average Bonchev–Trinajstić information content (AvgIpc) is 2.91. The van der Waals surface area contributed by atoms with Crippen LogP contribution < -0.4 is 4.74 Å². The lowest BCUT2D eigenvalue weighted by Gasteiger charge is -2.11. The molecule has 7 nitrogen and oxygen atoms in total. The third kappa shape index (κ3) is 1.94. The van der Waals surface area contributed by atoms with Crippen molar-refractivity contribution in [3.05, 3.63) is 58.7 Å². The van der Waals surface area contributed by atoms with Crippen LogP contribution in [0.3, 0.4) is 0 Å². The first-order valence-corrected chi connectivity index (χ1v) is 7.61. The summed E-state index contributed by atoms with van der Waals surface area (Å²) in [6.45, 7) is 0. The van der Waals surface area contributed by atoms with Crippen molar-refractivity contribution in [2.75, 3.05) is 7.11 Å². The van der Waals surface area contributed by atoms with Crippen molar-refractivity contribution in [1.82, 2.24) is 4.98 Å². The molecule has 0 radical (unpaired) electrons. The van der Waals surface area contributed by atoms with Gasteiger partial charge in [-0.25, -0.2) is 14.6 Å². The van der Waals surface area contributed by atoms with Crippen LogP contribution in [0.5, 0.6) is 5.75 Å². The molecule has 7 heteroatoms. The molecular formula is C19H11NO6. The number of methoxy groups -OCH3 is 1. The number of rotatable bonds is 3. The van der Waals surface area contributed by atoms with E-state index in [2.05, 4.69) is 4.98 Å². The van der Waals surface area contributed by atoms with E-state index >= 15 is 0 Å². The van der Waals surface area contributed by atoms with Gasteiger partial charge in [-0.15, -0.1) is 0 Å². The van der Waals surface area contributed by atoms with Crippen molar-refractivity contribution < 1.29 is 29.3 Å². The molecule has 2 aromatic carbocycles. The summed E-state index contributed by atoms with van der Waals surface area (Å²) in [6.07, 6.45) is 0. The number of aromatic carboxylic acids is 2. The molecule has 0 atom stereocenters. The Hall–Kier alpha value is -3.74. The Labute approximate surface area is 146 Å². The van der Waals surface area contributed by atoms with E-state index in [0.29, 0.717) is 11.3 Å². The molecule has 0 saturated carbocycles. The summed E-state index contributed by atoms with van der Waals surface area (Å²) in [5.74, 6) is -2.66. The van der Waals surface area contributed by atoms with Gasteiger partial charge < -0.3 is 14.9 Å². The molecule has 3 aromatic rings. The Morgan fingerprint density at radius 2 is 1.73 bits per heavy atom. The minimum atomic E-state index is -1.32. The summed E-state index contributed by atoms with van der Waals surface area (Å²) in [7, 11) is 1.43. The first-order valence-electron chi connectivity index (χ1n) is 7.61. The zero-order chi connectivity index (χ0) is 18.6. The number of carbonyl (C=O) groups excluding carboxylic acids is 1. The quantitative estimate of drug-likeness (QED) is 0.584. The van der Waals surface area contributed by atoms with Crippen LogP contribution in [0.2, 0.25) is 0 Å². The Morgan fingerprint density at radius 3 is 2.38 bits per heavy atom.